The molecule has 1 N–H and O–H groups in total. The lowest BCUT2D eigenvalue weighted by Gasteiger charge is -2.33. The molecule has 3 rings (SSSR count). The molecule has 2 atom stereocenters. The van der Waals surface area contributed by atoms with Gasteiger partial charge in [0.1, 0.15) is 12.4 Å². The van der Waals surface area contributed by atoms with Crippen LogP contribution in [0.15, 0.2) is 53.4 Å². The Hall–Kier alpha value is -1.16. The van der Waals surface area contributed by atoms with Gasteiger partial charge in [0.15, 0.2) is 0 Å². The average molecular weight is 306 g/mol. The van der Waals surface area contributed by atoms with Crippen LogP contribution in [0.2, 0.25) is 5.02 Å². The molecule has 2 aromatic rings. The first kappa shape index (κ1) is 13.8. The molecule has 1 heterocycles. The number of hydrogen-bond donors (Lipinski definition) is 1. The van der Waals surface area contributed by atoms with E-state index in [0.29, 0.717) is 11.9 Å². The van der Waals surface area contributed by atoms with Gasteiger partial charge in [-0.15, -0.1) is 11.8 Å². The van der Waals surface area contributed by atoms with E-state index < -0.39 is 0 Å². The van der Waals surface area contributed by atoms with Crippen molar-refractivity contribution in [1.29, 1.82) is 0 Å². The van der Waals surface area contributed by atoms with E-state index in [1.54, 1.807) is 11.8 Å². The van der Waals surface area contributed by atoms with Crippen LogP contribution in [0.4, 0.5) is 0 Å². The molecule has 1 aliphatic heterocycles. The second-order valence-electron chi connectivity index (χ2n) is 4.70. The number of benzene rings is 2. The molecule has 2 aromatic carbocycles. The Labute approximate surface area is 128 Å². The molecule has 1 aliphatic rings. The van der Waals surface area contributed by atoms with Crippen LogP contribution in [-0.4, -0.2) is 18.9 Å². The summed E-state index contributed by atoms with van der Waals surface area (Å²) < 4.78 is 5.88. The molecule has 0 amide bonds. The Morgan fingerprint density at radius 2 is 1.90 bits per heavy atom. The smallest absolute Gasteiger partial charge is 0.124 e. The third-order valence-corrected chi connectivity index (χ3v) is 5.22. The normalized spacial score (nSPS) is 21.1. The lowest BCUT2D eigenvalue weighted by atomic mass is 10.0. The summed E-state index contributed by atoms with van der Waals surface area (Å²) in [6.07, 6.45) is 0. The summed E-state index contributed by atoms with van der Waals surface area (Å²) in [6, 6.07) is 16.4. The van der Waals surface area contributed by atoms with E-state index in [0.717, 1.165) is 15.7 Å². The average Bonchev–Trinajstić information content (AvgIpc) is 2.49. The van der Waals surface area contributed by atoms with E-state index in [9.17, 15) is 0 Å². The third-order valence-electron chi connectivity index (χ3n) is 3.45. The van der Waals surface area contributed by atoms with Crippen molar-refractivity contribution in [2.75, 3.05) is 13.7 Å². The Morgan fingerprint density at radius 3 is 2.70 bits per heavy atom. The number of thioether (sulfide) groups is 1. The summed E-state index contributed by atoms with van der Waals surface area (Å²) in [4.78, 5) is 1.10. The van der Waals surface area contributed by atoms with Gasteiger partial charge in [0.2, 0.25) is 0 Å². The minimum atomic E-state index is 0.265. The van der Waals surface area contributed by atoms with Crippen molar-refractivity contribution < 1.29 is 4.74 Å². The van der Waals surface area contributed by atoms with E-state index in [1.807, 2.05) is 37.4 Å². The Kier molecular flexibility index (Phi) is 4.20. The van der Waals surface area contributed by atoms with Crippen molar-refractivity contribution in [3.05, 3.63) is 59.1 Å². The molecule has 104 valence electrons. The molecule has 0 aliphatic carbocycles. The maximum absolute atomic E-state index is 6.25. The van der Waals surface area contributed by atoms with Crippen LogP contribution in [0.3, 0.4) is 0 Å². The molecule has 2 nitrogen and oxygen atoms in total. The van der Waals surface area contributed by atoms with Crippen molar-refractivity contribution >= 4 is 23.4 Å². The summed E-state index contributed by atoms with van der Waals surface area (Å²) in [5.74, 6) is 0.975. The van der Waals surface area contributed by atoms with Gasteiger partial charge in [0.25, 0.3) is 0 Å². The van der Waals surface area contributed by atoms with Gasteiger partial charge in [-0.05, 0) is 25.2 Å². The highest BCUT2D eigenvalue weighted by atomic mass is 35.5. The van der Waals surface area contributed by atoms with Crippen molar-refractivity contribution in [3.63, 3.8) is 0 Å². The number of halogens is 1. The second kappa shape index (κ2) is 6.08. The molecule has 0 radical (unpaired) electrons. The van der Waals surface area contributed by atoms with Crippen molar-refractivity contribution in [3.8, 4) is 5.75 Å². The topological polar surface area (TPSA) is 21.3 Å². The predicted octanol–water partition coefficient (Wildman–Crippen LogP) is 4.15. The molecule has 0 spiro atoms. The van der Waals surface area contributed by atoms with E-state index >= 15 is 0 Å². The maximum atomic E-state index is 6.25. The van der Waals surface area contributed by atoms with Crippen molar-refractivity contribution in [1.82, 2.24) is 5.32 Å². The van der Waals surface area contributed by atoms with Gasteiger partial charge in [-0.2, -0.15) is 0 Å². The highest BCUT2D eigenvalue weighted by Crippen LogP contribution is 2.41. The molecule has 0 saturated carbocycles. The number of rotatable bonds is 3. The van der Waals surface area contributed by atoms with Gasteiger partial charge < -0.3 is 10.1 Å². The molecule has 0 bridgehead atoms. The zero-order valence-electron chi connectivity index (χ0n) is 11.2. The highest BCUT2D eigenvalue weighted by Gasteiger charge is 2.30. The van der Waals surface area contributed by atoms with Crippen LogP contribution in [0.25, 0.3) is 0 Å². The van der Waals surface area contributed by atoms with Gasteiger partial charge in [-0.1, -0.05) is 41.9 Å². The zero-order valence-corrected chi connectivity index (χ0v) is 12.7. The van der Waals surface area contributed by atoms with Crippen molar-refractivity contribution in [2.45, 2.75) is 16.2 Å². The quantitative estimate of drug-likeness (QED) is 0.920. The number of ether oxygens (including phenoxy) is 1. The third kappa shape index (κ3) is 2.66. The number of nitrogens with one attached hydrogen (secondary N) is 1. The van der Waals surface area contributed by atoms with Crippen LogP contribution in [0.5, 0.6) is 5.75 Å². The first-order valence-corrected chi connectivity index (χ1v) is 7.85. The summed E-state index contributed by atoms with van der Waals surface area (Å²) in [7, 11) is 1.99. The number of para-hydroxylation sites is 1. The first-order valence-electron chi connectivity index (χ1n) is 6.60. The fourth-order valence-corrected chi connectivity index (χ4v) is 3.97. The molecule has 2 unspecified atom stereocenters. The number of hydrogen-bond acceptors (Lipinski definition) is 3. The fraction of sp³-hybridized carbons (Fsp3) is 0.250. The van der Waals surface area contributed by atoms with E-state index in [4.69, 9.17) is 16.3 Å². The second-order valence-corrected chi connectivity index (χ2v) is 6.39. The lowest BCUT2D eigenvalue weighted by molar-refractivity contribution is 0.265. The standard InChI is InChI=1S/C16H16ClNOS/c1-18-16-11-6-2-4-8-13(11)19-10-15(16)20-14-9-5-3-7-12(14)17/h2-9,15-16,18H,10H2,1H3. The van der Waals surface area contributed by atoms with Gasteiger partial charge in [-0.3, -0.25) is 0 Å². The molecule has 0 saturated heterocycles. The first-order chi connectivity index (χ1) is 9.79. The molecule has 0 aromatic heterocycles. The molecular formula is C16H16ClNOS. The Balaban J connectivity index is 1.87. The monoisotopic (exact) mass is 305 g/mol. The lowest BCUT2D eigenvalue weighted by Crippen LogP contribution is -2.35. The van der Waals surface area contributed by atoms with Crippen LogP contribution in [0, 0.1) is 0 Å². The molecule has 0 fully saturated rings. The summed E-state index contributed by atoms with van der Waals surface area (Å²) >= 11 is 8.02. The van der Waals surface area contributed by atoms with Crippen LogP contribution in [-0.2, 0) is 0 Å². The highest BCUT2D eigenvalue weighted by molar-refractivity contribution is 8.00. The largest absolute Gasteiger partial charge is 0.492 e. The number of fused-ring (bicyclic) bond motifs is 1. The van der Waals surface area contributed by atoms with Crippen LogP contribution >= 0.6 is 23.4 Å². The van der Waals surface area contributed by atoms with E-state index in [1.165, 1.54) is 5.56 Å². The summed E-state index contributed by atoms with van der Waals surface area (Å²) in [5, 5.41) is 4.50. The van der Waals surface area contributed by atoms with Crippen molar-refractivity contribution in [2.24, 2.45) is 0 Å². The SMILES string of the molecule is CNC1c2ccccc2OCC1Sc1ccccc1Cl. The minimum Gasteiger partial charge on any atom is -0.492 e. The minimum absolute atomic E-state index is 0.265. The van der Waals surface area contributed by atoms with E-state index in [2.05, 4.69) is 23.5 Å². The summed E-state index contributed by atoms with van der Waals surface area (Å²) in [5.41, 5.74) is 1.21. The van der Waals surface area contributed by atoms with Crippen LogP contribution in [0.1, 0.15) is 11.6 Å². The predicted molar refractivity (Wildman–Crippen MR) is 84.8 cm³/mol. The van der Waals surface area contributed by atoms with Gasteiger partial charge >= 0.3 is 0 Å². The maximum Gasteiger partial charge on any atom is 0.124 e. The van der Waals surface area contributed by atoms with E-state index in [-0.39, 0.29) is 6.04 Å². The van der Waals surface area contributed by atoms with Gasteiger partial charge in [0, 0.05) is 10.5 Å². The molecular weight excluding hydrogens is 290 g/mol. The van der Waals surface area contributed by atoms with Crippen LogP contribution < -0.4 is 10.1 Å². The Morgan fingerprint density at radius 1 is 1.15 bits per heavy atom. The van der Waals surface area contributed by atoms with Gasteiger partial charge in [0.05, 0.1) is 16.3 Å². The zero-order chi connectivity index (χ0) is 13.9. The molecule has 20 heavy (non-hydrogen) atoms. The Bertz CT molecular complexity index is 605. The fourth-order valence-electron chi connectivity index (χ4n) is 2.48. The molecule has 4 heteroatoms. The van der Waals surface area contributed by atoms with Gasteiger partial charge in [-0.25, -0.2) is 0 Å². The summed E-state index contributed by atoms with van der Waals surface area (Å²) in [6.45, 7) is 0.679.